The van der Waals surface area contributed by atoms with Gasteiger partial charge in [0.05, 0.1) is 4.90 Å². The van der Waals surface area contributed by atoms with Crippen molar-refractivity contribution >= 4 is 31.9 Å². The van der Waals surface area contributed by atoms with Crippen LogP contribution >= 0.6 is 0 Å². The van der Waals surface area contributed by atoms with Crippen molar-refractivity contribution < 1.29 is 13.2 Å². The van der Waals surface area contributed by atoms with Crippen LogP contribution in [-0.2, 0) is 16.3 Å². The lowest BCUT2D eigenvalue weighted by atomic mass is 9.89. The summed E-state index contributed by atoms with van der Waals surface area (Å²) >= 11 is 0. The SMILES string of the molecule is CS(=O)(=O)c1ccc(C2=C(c3cccc4ccccc34)Cc3ccccc3O2)cc1. The maximum Gasteiger partial charge on any atom is 0.175 e. The van der Waals surface area contributed by atoms with Gasteiger partial charge < -0.3 is 4.74 Å². The van der Waals surface area contributed by atoms with E-state index >= 15 is 0 Å². The third-order valence-electron chi connectivity index (χ3n) is 5.49. The third kappa shape index (κ3) is 3.29. The summed E-state index contributed by atoms with van der Waals surface area (Å²) in [4.78, 5) is 0.301. The van der Waals surface area contributed by atoms with E-state index in [0.717, 1.165) is 40.2 Å². The summed E-state index contributed by atoms with van der Waals surface area (Å²) in [6.45, 7) is 0. The molecule has 1 aliphatic rings. The minimum absolute atomic E-state index is 0.301. The standard InChI is InChI=1S/C26H20O3S/c1-30(27,28)21-15-13-19(14-16-21)26-24(17-20-8-3-5-12-25(20)29-26)23-11-6-9-18-7-2-4-10-22(18)23/h2-16H,17H2,1H3. The number of para-hydroxylation sites is 1. The topological polar surface area (TPSA) is 43.4 Å². The Bertz CT molecular complexity index is 1390. The molecule has 4 aromatic rings. The molecular formula is C26H20O3S. The summed E-state index contributed by atoms with van der Waals surface area (Å²) in [5.41, 5.74) is 4.22. The van der Waals surface area contributed by atoms with E-state index < -0.39 is 9.84 Å². The van der Waals surface area contributed by atoms with Crippen LogP contribution < -0.4 is 4.74 Å². The van der Waals surface area contributed by atoms with Crippen molar-refractivity contribution in [3.8, 4) is 5.75 Å². The molecule has 0 bridgehead atoms. The number of fused-ring (bicyclic) bond motifs is 2. The molecule has 30 heavy (non-hydrogen) atoms. The van der Waals surface area contributed by atoms with Crippen LogP contribution in [0.3, 0.4) is 0 Å². The summed E-state index contributed by atoms with van der Waals surface area (Å²) < 4.78 is 30.1. The van der Waals surface area contributed by atoms with Gasteiger partial charge >= 0.3 is 0 Å². The van der Waals surface area contributed by atoms with Crippen LogP contribution in [0, 0.1) is 0 Å². The van der Waals surface area contributed by atoms with Crippen molar-refractivity contribution in [1.29, 1.82) is 0 Å². The van der Waals surface area contributed by atoms with Crippen LogP contribution in [-0.4, -0.2) is 14.7 Å². The van der Waals surface area contributed by atoms with Gasteiger partial charge in [-0.05, 0) is 52.2 Å². The summed E-state index contributed by atoms with van der Waals surface area (Å²) in [6.07, 6.45) is 1.96. The van der Waals surface area contributed by atoms with E-state index in [0.29, 0.717) is 4.90 Å². The molecule has 1 heterocycles. The second-order valence-corrected chi connectivity index (χ2v) is 9.53. The molecule has 1 aliphatic heterocycles. The molecule has 4 heteroatoms. The number of hydrogen-bond acceptors (Lipinski definition) is 3. The number of hydrogen-bond donors (Lipinski definition) is 0. The highest BCUT2D eigenvalue weighted by Crippen LogP contribution is 2.41. The Morgan fingerprint density at radius 3 is 2.27 bits per heavy atom. The van der Waals surface area contributed by atoms with Crippen molar-refractivity contribution in [2.75, 3.05) is 6.26 Å². The first-order chi connectivity index (χ1) is 14.5. The van der Waals surface area contributed by atoms with Crippen LogP contribution in [0.4, 0.5) is 0 Å². The zero-order chi connectivity index (χ0) is 20.7. The predicted octanol–water partition coefficient (Wildman–Crippen LogP) is 5.75. The molecule has 0 amide bonds. The van der Waals surface area contributed by atoms with Gasteiger partial charge in [-0.15, -0.1) is 0 Å². The van der Waals surface area contributed by atoms with Gasteiger partial charge in [0, 0.05) is 23.8 Å². The maximum absolute atomic E-state index is 11.9. The van der Waals surface area contributed by atoms with Gasteiger partial charge in [0.15, 0.2) is 9.84 Å². The lowest BCUT2D eigenvalue weighted by molar-refractivity contribution is 0.502. The van der Waals surface area contributed by atoms with E-state index in [9.17, 15) is 8.42 Å². The number of benzene rings is 4. The summed E-state index contributed by atoms with van der Waals surface area (Å²) in [7, 11) is -3.25. The number of ether oxygens (including phenoxy) is 1. The van der Waals surface area contributed by atoms with E-state index in [1.807, 2.05) is 42.5 Å². The molecule has 0 fully saturated rings. The van der Waals surface area contributed by atoms with Crippen LogP contribution in [0.5, 0.6) is 5.75 Å². The van der Waals surface area contributed by atoms with Gasteiger partial charge in [-0.1, -0.05) is 60.7 Å². The molecule has 0 saturated carbocycles. The van der Waals surface area contributed by atoms with Crippen LogP contribution in [0.25, 0.3) is 22.1 Å². The Labute approximate surface area is 176 Å². The lowest BCUT2D eigenvalue weighted by Crippen LogP contribution is -2.10. The smallest absolute Gasteiger partial charge is 0.175 e. The van der Waals surface area contributed by atoms with Gasteiger partial charge in [0.1, 0.15) is 11.5 Å². The Hall–Kier alpha value is -3.37. The molecule has 0 aliphatic carbocycles. The predicted molar refractivity (Wildman–Crippen MR) is 121 cm³/mol. The van der Waals surface area contributed by atoms with Crippen molar-refractivity contribution in [3.05, 3.63) is 108 Å². The van der Waals surface area contributed by atoms with E-state index in [2.05, 4.69) is 36.4 Å². The molecule has 148 valence electrons. The van der Waals surface area contributed by atoms with E-state index in [-0.39, 0.29) is 0 Å². The van der Waals surface area contributed by atoms with Gasteiger partial charge in [-0.25, -0.2) is 8.42 Å². The molecule has 0 radical (unpaired) electrons. The van der Waals surface area contributed by atoms with Crippen molar-refractivity contribution in [2.45, 2.75) is 11.3 Å². The van der Waals surface area contributed by atoms with E-state index in [4.69, 9.17) is 4.74 Å². The molecule has 0 unspecified atom stereocenters. The normalized spacial score (nSPS) is 13.8. The summed E-state index contributed by atoms with van der Waals surface area (Å²) in [5, 5.41) is 2.34. The van der Waals surface area contributed by atoms with Crippen LogP contribution in [0.2, 0.25) is 0 Å². The largest absolute Gasteiger partial charge is 0.456 e. The molecule has 0 spiro atoms. The van der Waals surface area contributed by atoms with E-state index in [1.54, 1.807) is 12.1 Å². The molecule has 0 aromatic heterocycles. The average Bonchev–Trinajstić information content (AvgIpc) is 2.77. The number of rotatable bonds is 3. The minimum atomic E-state index is -3.25. The summed E-state index contributed by atoms with van der Waals surface area (Å²) in [6, 6.07) is 29.6. The Kier molecular flexibility index (Phi) is 4.44. The van der Waals surface area contributed by atoms with Crippen LogP contribution in [0.15, 0.2) is 95.9 Å². The second kappa shape index (κ2) is 7.15. The second-order valence-electron chi connectivity index (χ2n) is 7.52. The first kappa shape index (κ1) is 18.6. The average molecular weight is 413 g/mol. The summed E-state index contributed by atoms with van der Waals surface area (Å²) in [5.74, 6) is 1.61. The molecule has 5 rings (SSSR count). The minimum Gasteiger partial charge on any atom is -0.456 e. The van der Waals surface area contributed by atoms with Gasteiger partial charge in [0.25, 0.3) is 0 Å². The highest BCUT2D eigenvalue weighted by molar-refractivity contribution is 7.90. The molecule has 0 N–H and O–H groups in total. The third-order valence-corrected chi connectivity index (χ3v) is 6.61. The maximum atomic E-state index is 11.9. The molecule has 3 nitrogen and oxygen atoms in total. The van der Waals surface area contributed by atoms with Crippen molar-refractivity contribution in [1.82, 2.24) is 0 Å². The fraction of sp³-hybridized carbons (Fsp3) is 0.0769. The quantitative estimate of drug-likeness (QED) is 0.430. The number of allylic oxidation sites excluding steroid dienone is 1. The Morgan fingerprint density at radius 2 is 1.47 bits per heavy atom. The van der Waals surface area contributed by atoms with Crippen molar-refractivity contribution in [3.63, 3.8) is 0 Å². The monoisotopic (exact) mass is 412 g/mol. The van der Waals surface area contributed by atoms with Gasteiger partial charge in [0.2, 0.25) is 0 Å². The molecule has 4 aromatic carbocycles. The number of sulfone groups is 1. The first-order valence-corrected chi connectivity index (χ1v) is 11.7. The van der Waals surface area contributed by atoms with Crippen molar-refractivity contribution in [2.24, 2.45) is 0 Å². The fourth-order valence-corrected chi connectivity index (χ4v) is 4.61. The molecule has 0 saturated heterocycles. The van der Waals surface area contributed by atoms with Gasteiger partial charge in [-0.2, -0.15) is 0 Å². The molecular weight excluding hydrogens is 392 g/mol. The van der Waals surface area contributed by atoms with Crippen LogP contribution in [0.1, 0.15) is 16.7 Å². The zero-order valence-corrected chi connectivity index (χ0v) is 17.3. The zero-order valence-electron chi connectivity index (χ0n) is 16.5. The van der Waals surface area contributed by atoms with E-state index in [1.165, 1.54) is 17.0 Å². The Balaban J connectivity index is 1.73. The fourth-order valence-electron chi connectivity index (χ4n) is 3.98. The highest BCUT2D eigenvalue weighted by atomic mass is 32.2. The van der Waals surface area contributed by atoms with Gasteiger partial charge in [-0.3, -0.25) is 0 Å². The molecule has 0 atom stereocenters. The lowest BCUT2D eigenvalue weighted by Gasteiger charge is -2.25. The highest BCUT2D eigenvalue weighted by Gasteiger charge is 2.23. The first-order valence-electron chi connectivity index (χ1n) is 9.78. The Morgan fingerprint density at radius 1 is 0.767 bits per heavy atom.